The lowest BCUT2D eigenvalue weighted by molar-refractivity contribution is -0.124. The Morgan fingerprint density at radius 1 is 1.00 bits per heavy atom. The first-order chi connectivity index (χ1) is 9.75. The van der Waals surface area contributed by atoms with Crippen molar-refractivity contribution in [3.63, 3.8) is 0 Å². The van der Waals surface area contributed by atoms with Crippen LogP contribution < -0.4 is 0 Å². The second-order valence-electron chi connectivity index (χ2n) is 4.81. The van der Waals surface area contributed by atoms with E-state index in [0.29, 0.717) is 0 Å². The maximum absolute atomic E-state index is 13.5. The van der Waals surface area contributed by atoms with Gasteiger partial charge in [0.25, 0.3) is 5.91 Å². The molecule has 0 radical (unpaired) electrons. The Labute approximate surface area is 116 Å². The molecule has 1 atom stereocenters. The summed E-state index contributed by atoms with van der Waals surface area (Å²) in [4.78, 5) is 24.2. The van der Waals surface area contributed by atoms with E-state index in [9.17, 15) is 31.5 Å². The number of halogens is 5. The molecule has 1 saturated heterocycles. The van der Waals surface area contributed by atoms with Crippen LogP contribution in [0.25, 0.3) is 0 Å². The van der Waals surface area contributed by atoms with E-state index in [4.69, 9.17) is 0 Å². The second kappa shape index (κ2) is 5.42. The number of amides is 1. The van der Waals surface area contributed by atoms with Crippen LogP contribution in [0.4, 0.5) is 22.0 Å². The number of rotatable bonds is 1. The van der Waals surface area contributed by atoms with Crippen molar-refractivity contribution in [1.82, 2.24) is 4.90 Å². The van der Waals surface area contributed by atoms with E-state index >= 15 is 0 Å². The summed E-state index contributed by atoms with van der Waals surface area (Å²) in [5, 5.41) is 0. The minimum absolute atomic E-state index is 0.0255. The van der Waals surface area contributed by atoms with E-state index in [1.165, 1.54) is 6.92 Å². The molecule has 1 aromatic rings. The monoisotopic (exact) mass is 307 g/mol. The van der Waals surface area contributed by atoms with Crippen molar-refractivity contribution < 1.29 is 31.5 Å². The Morgan fingerprint density at radius 2 is 1.48 bits per heavy atom. The van der Waals surface area contributed by atoms with Gasteiger partial charge >= 0.3 is 0 Å². The Balaban J connectivity index is 2.43. The van der Waals surface area contributed by atoms with Gasteiger partial charge in [-0.3, -0.25) is 9.59 Å². The molecule has 1 aromatic carbocycles. The summed E-state index contributed by atoms with van der Waals surface area (Å²) < 4.78 is 66.2. The molecule has 0 saturated carbocycles. The minimum atomic E-state index is -2.32. The molecule has 1 amide bonds. The molecule has 21 heavy (non-hydrogen) atoms. The van der Waals surface area contributed by atoms with Crippen molar-refractivity contribution in [3.05, 3.63) is 34.6 Å². The summed E-state index contributed by atoms with van der Waals surface area (Å²) in [7, 11) is 0. The van der Waals surface area contributed by atoms with Crippen molar-refractivity contribution in [3.8, 4) is 0 Å². The first-order valence-corrected chi connectivity index (χ1v) is 6.09. The number of Topliss-reactive ketones (excluding diaryl/α,β-unsaturated/α-hetero) is 1. The highest BCUT2D eigenvalue weighted by molar-refractivity contribution is 5.96. The molecule has 2 rings (SSSR count). The molecule has 0 spiro atoms. The third-order valence-corrected chi connectivity index (χ3v) is 3.38. The molecular formula is C13H10F5NO2. The number of hydrogen-bond acceptors (Lipinski definition) is 2. The molecule has 114 valence electrons. The van der Waals surface area contributed by atoms with E-state index in [1.54, 1.807) is 0 Å². The molecule has 0 N–H and O–H groups in total. The first kappa shape index (κ1) is 15.4. The topological polar surface area (TPSA) is 37.4 Å². The van der Waals surface area contributed by atoms with Crippen molar-refractivity contribution in [2.24, 2.45) is 5.92 Å². The molecule has 1 fully saturated rings. The standard InChI is InChI=1S/C13H10F5NO2/c1-5-4-19(3-2-6(5)20)13(21)7-8(14)10(16)12(18)11(17)9(7)15/h5H,2-4H2,1H3. The maximum atomic E-state index is 13.5. The third kappa shape index (κ3) is 2.50. The van der Waals surface area contributed by atoms with E-state index in [2.05, 4.69) is 0 Å². The fraction of sp³-hybridized carbons (Fsp3) is 0.385. The number of ketones is 1. The van der Waals surface area contributed by atoms with Gasteiger partial charge in [0.05, 0.1) is 0 Å². The van der Waals surface area contributed by atoms with E-state index in [1.807, 2.05) is 0 Å². The summed E-state index contributed by atoms with van der Waals surface area (Å²) in [6.07, 6.45) is -0.0255. The van der Waals surface area contributed by atoms with E-state index in [0.717, 1.165) is 4.90 Å². The Morgan fingerprint density at radius 3 is 1.95 bits per heavy atom. The number of piperidine rings is 1. The average molecular weight is 307 g/mol. The van der Waals surface area contributed by atoms with Gasteiger partial charge in [-0.15, -0.1) is 0 Å². The molecule has 1 aliphatic heterocycles. The first-order valence-electron chi connectivity index (χ1n) is 6.09. The molecule has 8 heteroatoms. The van der Waals surface area contributed by atoms with E-state index in [-0.39, 0.29) is 25.3 Å². The second-order valence-corrected chi connectivity index (χ2v) is 4.81. The quantitative estimate of drug-likeness (QED) is 0.454. The van der Waals surface area contributed by atoms with Gasteiger partial charge in [-0.1, -0.05) is 6.92 Å². The summed E-state index contributed by atoms with van der Waals surface area (Å²) >= 11 is 0. The summed E-state index contributed by atoms with van der Waals surface area (Å²) in [6.45, 7) is 1.26. The highest BCUT2D eigenvalue weighted by Gasteiger charge is 2.34. The van der Waals surface area contributed by atoms with Gasteiger partial charge in [0, 0.05) is 25.4 Å². The molecule has 1 unspecified atom stereocenters. The Hall–Kier alpha value is -1.99. The van der Waals surface area contributed by atoms with Crippen LogP contribution in [-0.2, 0) is 4.79 Å². The summed E-state index contributed by atoms with van der Waals surface area (Å²) in [5.41, 5.74) is -1.49. The number of likely N-dealkylation sites (tertiary alicyclic amines) is 1. The Kier molecular flexibility index (Phi) is 3.97. The molecule has 0 bridgehead atoms. The van der Waals surface area contributed by atoms with Crippen LogP contribution in [0.3, 0.4) is 0 Å². The lowest BCUT2D eigenvalue weighted by Crippen LogP contribution is -2.43. The van der Waals surface area contributed by atoms with Gasteiger partial charge < -0.3 is 4.90 Å². The normalized spacial score (nSPS) is 19.0. The van der Waals surface area contributed by atoms with Gasteiger partial charge in [0.15, 0.2) is 23.3 Å². The van der Waals surface area contributed by atoms with Crippen LogP contribution in [0.15, 0.2) is 0 Å². The van der Waals surface area contributed by atoms with Crippen molar-refractivity contribution >= 4 is 11.7 Å². The van der Waals surface area contributed by atoms with Crippen LogP contribution in [0, 0.1) is 35.0 Å². The lowest BCUT2D eigenvalue weighted by atomic mass is 9.97. The van der Waals surface area contributed by atoms with Gasteiger partial charge in [0.2, 0.25) is 5.82 Å². The van der Waals surface area contributed by atoms with Gasteiger partial charge in [-0.05, 0) is 0 Å². The fourth-order valence-corrected chi connectivity index (χ4v) is 2.15. The number of carbonyl (C=O) groups excluding carboxylic acids is 2. The molecule has 1 aliphatic rings. The van der Waals surface area contributed by atoms with Crippen LogP contribution in [0.2, 0.25) is 0 Å². The summed E-state index contributed by atoms with van der Waals surface area (Å²) in [6, 6.07) is 0. The maximum Gasteiger partial charge on any atom is 0.260 e. The van der Waals surface area contributed by atoms with Crippen LogP contribution in [0.1, 0.15) is 23.7 Å². The Bertz CT molecular complexity index is 602. The zero-order valence-corrected chi connectivity index (χ0v) is 10.9. The molecular weight excluding hydrogens is 297 g/mol. The largest absolute Gasteiger partial charge is 0.337 e. The third-order valence-electron chi connectivity index (χ3n) is 3.38. The SMILES string of the molecule is CC1CN(C(=O)c2c(F)c(F)c(F)c(F)c2F)CCC1=O. The predicted molar refractivity (Wildman–Crippen MR) is 60.9 cm³/mol. The average Bonchev–Trinajstić information content (AvgIpc) is 2.46. The number of carbonyl (C=O) groups is 2. The summed E-state index contributed by atoms with van der Waals surface area (Å²) in [5.74, 6) is -13.0. The van der Waals surface area contributed by atoms with Crippen LogP contribution >= 0.6 is 0 Å². The van der Waals surface area contributed by atoms with Crippen LogP contribution in [0.5, 0.6) is 0 Å². The molecule has 3 nitrogen and oxygen atoms in total. The zero-order chi connectivity index (χ0) is 15.9. The number of hydrogen-bond donors (Lipinski definition) is 0. The van der Waals surface area contributed by atoms with Gasteiger partial charge in [-0.2, -0.15) is 0 Å². The lowest BCUT2D eigenvalue weighted by Gasteiger charge is -2.30. The highest BCUT2D eigenvalue weighted by atomic mass is 19.2. The highest BCUT2D eigenvalue weighted by Crippen LogP contribution is 2.25. The van der Waals surface area contributed by atoms with Crippen LogP contribution in [-0.4, -0.2) is 29.7 Å². The van der Waals surface area contributed by atoms with E-state index < -0.39 is 46.5 Å². The van der Waals surface area contributed by atoms with Crippen molar-refractivity contribution in [2.75, 3.05) is 13.1 Å². The fourth-order valence-electron chi connectivity index (χ4n) is 2.15. The van der Waals surface area contributed by atoms with Crippen molar-refractivity contribution in [2.45, 2.75) is 13.3 Å². The van der Waals surface area contributed by atoms with Gasteiger partial charge in [0.1, 0.15) is 11.3 Å². The van der Waals surface area contributed by atoms with Crippen molar-refractivity contribution in [1.29, 1.82) is 0 Å². The zero-order valence-electron chi connectivity index (χ0n) is 10.9. The molecule has 1 heterocycles. The number of nitrogens with zero attached hydrogens (tertiary/aromatic N) is 1. The minimum Gasteiger partial charge on any atom is -0.337 e. The smallest absolute Gasteiger partial charge is 0.260 e. The number of benzene rings is 1. The molecule has 0 aliphatic carbocycles. The van der Waals surface area contributed by atoms with Gasteiger partial charge in [-0.25, -0.2) is 22.0 Å². The predicted octanol–water partition coefficient (Wildman–Crippen LogP) is 2.43. The molecule has 0 aromatic heterocycles.